The average molecular weight is 283 g/mol. The van der Waals surface area contributed by atoms with Crippen LogP contribution in [0.4, 0.5) is 0 Å². The molecule has 3 heterocycles. The molecule has 0 radical (unpaired) electrons. The zero-order valence-electron chi connectivity index (χ0n) is 8.79. The summed E-state index contributed by atoms with van der Waals surface area (Å²) >= 11 is 9.01. The summed E-state index contributed by atoms with van der Waals surface area (Å²) in [7, 11) is 1.89. The van der Waals surface area contributed by atoms with E-state index in [2.05, 4.69) is 15.1 Å². The fraction of sp³-hybridized carbons (Fsp3) is 0.100. The molecule has 0 fully saturated rings. The molecule has 0 unspecified atom stereocenters. The maximum atomic E-state index is 5.90. The molecule has 0 atom stereocenters. The molecule has 0 aliphatic heterocycles. The smallest absolute Gasteiger partial charge is 0.224 e. The number of hydrogen-bond acceptors (Lipinski definition) is 5. The minimum absolute atomic E-state index is 0.284. The Morgan fingerprint density at radius 1 is 1.41 bits per heavy atom. The Labute approximate surface area is 111 Å². The predicted molar refractivity (Wildman–Crippen MR) is 69.8 cm³/mol. The Bertz CT molecular complexity index is 676. The summed E-state index contributed by atoms with van der Waals surface area (Å²) in [6.45, 7) is 0. The normalized spacial score (nSPS) is 11.2. The van der Waals surface area contributed by atoms with Crippen molar-refractivity contribution in [1.29, 1.82) is 0 Å². The van der Waals surface area contributed by atoms with E-state index in [0.717, 1.165) is 20.1 Å². The van der Waals surface area contributed by atoms with Gasteiger partial charge in [0, 0.05) is 18.6 Å². The standard InChI is InChI=1S/C10H7ClN4S2/c1-15-5-6(4-12-15)17-9-7-2-3-16-8(7)13-10(11)14-9/h2-5H,1H3. The molecule has 0 aromatic carbocycles. The molecule has 86 valence electrons. The van der Waals surface area contributed by atoms with Crippen LogP contribution < -0.4 is 0 Å². The van der Waals surface area contributed by atoms with Crippen LogP contribution in [-0.2, 0) is 7.05 Å². The second kappa shape index (κ2) is 4.29. The van der Waals surface area contributed by atoms with Crippen molar-refractivity contribution in [2.75, 3.05) is 0 Å². The summed E-state index contributed by atoms with van der Waals surface area (Å²) in [5.74, 6) is 0. The fourth-order valence-electron chi connectivity index (χ4n) is 1.44. The number of thiophene rings is 1. The van der Waals surface area contributed by atoms with Gasteiger partial charge in [0.05, 0.1) is 11.1 Å². The summed E-state index contributed by atoms with van der Waals surface area (Å²) < 4.78 is 1.76. The summed E-state index contributed by atoms with van der Waals surface area (Å²) in [6.07, 6.45) is 3.75. The Morgan fingerprint density at radius 2 is 2.29 bits per heavy atom. The minimum Gasteiger partial charge on any atom is -0.275 e. The van der Waals surface area contributed by atoms with Gasteiger partial charge in [0.2, 0.25) is 5.28 Å². The maximum Gasteiger partial charge on any atom is 0.224 e. The second-order valence-corrected chi connectivity index (χ2v) is 5.68. The van der Waals surface area contributed by atoms with Crippen molar-refractivity contribution >= 4 is 44.9 Å². The number of aryl methyl sites for hydroxylation is 1. The van der Waals surface area contributed by atoms with Gasteiger partial charge in [-0.05, 0) is 23.0 Å². The van der Waals surface area contributed by atoms with E-state index in [-0.39, 0.29) is 5.28 Å². The molecule has 0 saturated carbocycles. The molecule has 0 amide bonds. The fourth-order valence-corrected chi connectivity index (χ4v) is 3.48. The third kappa shape index (κ3) is 2.15. The van der Waals surface area contributed by atoms with Gasteiger partial charge in [-0.3, -0.25) is 4.68 Å². The average Bonchev–Trinajstić information content (AvgIpc) is 2.87. The topological polar surface area (TPSA) is 43.6 Å². The Kier molecular flexibility index (Phi) is 2.78. The SMILES string of the molecule is Cn1cc(Sc2nc(Cl)nc3sccc23)cn1. The van der Waals surface area contributed by atoms with Gasteiger partial charge in [-0.25, -0.2) is 9.97 Å². The van der Waals surface area contributed by atoms with Crippen molar-refractivity contribution in [2.45, 2.75) is 9.92 Å². The predicted octanol–water partition coefficient (Wildman–Crippen LogP) is 3.23. The third-order valence-electron chi connectivity index (χ3n) is 2.16. The lowest BCUT2D eigenvalue weighted by atomic mass is 10.4. The maximum absolute atomic E-state index is 5.90. The number of hydrogen-bond donors (Lipinski definition) is 0. The molecule has 0 aliphatic carbocycles. The molecular weight excluding hydrogens is 276 g/mol. The Hall–Kier alpha value is -1.11. The summed E-state index contributed by atoms with van der Waals surface area (Å²) in [6, 6.07) is 2.01. The highest BCUT2D eigenvalue weighted by Crippen LogP contribution is 2.33. The molecule has 0 saturated heterocycles. The van der Waals surface area contributed by atoms with Crippen molar-refractivity contribution in [1.82, 2.24) is 19.7 Å². The first-order valence-electron chi connectivity index (χ1n) is 4.79. The number of fused-ring (bicyclic) bond motifs is 1. The van der Waals surface area contributed by atoms with Crippen LogP contribution in [0.2, 0.25) is 5.28 Å². The summed E-state index contributed by atoms with van der Waals surface area (Å²) in [5, 5.41) is 8.30. The molecule has 3 rings (SSSR count). The van der Waals surface area contributed by atoms with E-state index in [1.54, 1.807) is 34.0 Å². The third-order valence-corrected chi connectivity index (χ3v) is 4.09. The number of nitrogens with zero attached hydrogens (tertiary/aromatic N) is 4. The van der Waals surface area contributed by atoms with Crippen LogP contribution in [0.1, 0.15) is 0 Å². The molecule has 17 heavy (non-hydrogen) atoms. The van der Waals surface area contributed by atoms with Gasteiger partial charge in [-0.1, -0.05) is 11.8 Å². The summed E-state index contributed by atoms with van der Waals surface area (Å²) in [5.41, 5.74) is 0. The van der Waals surface area contributed by atoms with Crippen LogP contribution >= 0.6 is 34.7 Å². The van der Waals surface area contributed by atoms with Gasteiger partial charge < -0.3 is 0 Å². The molecule has 7 heteroatoms. The van der Waals surface area contributed by atoms with Gasteiger partial charge in [-0.2, -0.15) is 5.10 Å². The largest absolute Gasteiger partial charge is 0.275 e. The van der Waals surface area contributed by atoms with Crippen LogP contribution in [0.15, 0.2) is 33.8 Å². The van der Waals surface area contributed by atoms with E-state index < -0.39 is 0 Å². The van der Waals surface area contributed by atoms with Gasteiger partial charge in [-0.15, -0.1) is 11.3 Å². The van der Waals surface area contributed by atoms with E-state index in [9.17, 15) is 0 Å². The molecule has 3 aromatic heterocycles. The van der Waals surface area contributed by atoms with Gasteiger partial charge in [0.15, 0.2) is 0 Å². The molecular formula is C10H7ClN4S2. The Morgan fingerprint density at radius 3 is 3.06 bits per heavy atom. The zero-order valence-corrected chi connectivity index (χ0v) is 11.2. The van der Waals surface area contributed by atoms with Gasteiger partial charge in [0.1, 0.15) is 9.86 Å². The van der Waals surface area contributed by atoms with Crippen molar-refractivity contribution in [3.05, 3.63) is 29.1 Å². The van der Waals surface area contributed by atoms with E-state index in [1.807, 2.05) is 24.7 Å². The van der Waals surface area contributed by atoms with E-state index in [4.69, 9.17) is 11.6 Å². The van der Waals surface area contributed by atoms with Crippen LogP contribution in [0.25, 0.3) is 10.2 Å². The van der Waals surface area contributed by atoms with Crippen LogP contribution in [0.3, 0.4) is 0 Å². The lowest BCUT2D eigenvalue weighted by molar-refractivity contribution is 0.766. The number of halogens is 1. The highest BCUT2D eigenvalue weighted by atomic mass is 35.5. The molecule has 0 spiro atoms. The van der Waals surface area contributed by atoms with Crippen molar-refractivity contribution in [3.63, 3.8) is 0 Å². The molecule has 4 nitrogen and oxygen atoms in total. The van der Waals surface area contributed by atoms with E-state index in [0.29, 0.717) is 0 Å². The van der Waals surface area contributed by atoms with Crippen LogP contribution in [-0.4, -0.2) is 19.7 Å². The first kappa shape index (κ1) is 11.0. The monoisotopic (exact) mass is 282 g/mol. The molecule has 3 aromatic rings. The number of rotatable bonds is 2. The Balaban J connectivity index is 2.07. The lowest BCUT2D eigenvalue weighted by Crippen LogP contribution is -1.86. The van der Waals surface area contributed by atoms with Crippen LogP contribution in [0.5, 0.6) is 0 Å². The van der Waals surface area contributed by atoms with Crippen molar-refractivity contribution < 1.29 is 0 Å². The number of aromatic nitrogens is 4. The first-order chi connectivity index (χ1) is 8.22. The molecule has 0 N–H and O–H groups in total. The van der Waals surface area contributed by atoms with E-state index >= 15 is 0 Å². The van der Waals surface area contributed by atoms with Crippen LogP contribution in [0, 0.1) is 0 Å². The van der Waals surface area contributed by atoms with E-state index in [1.165, 1.54) is 0 Å². The van der Waals surface area contributed by atoms with Crippen molar-refractivity contribution in [2.24, 2.45) is 7.05 Å². The molecule has 0 aliphatic rings. The molecule has 0 bridgehead atoms. The van der Waals surface area contributed by atoms with Gasteiger partial charge in [0.25, 0.3) is 0 Å². The minimum atomic E-state index is 0.284. The van der Waals surface area contributed by atoms with Gasteiger partial charge >= 0.3 is 0 Å². The highest BCUT2D eigenvalue weighted by Gasteiger charge is 2.10. The second-order valence-electron chi connectivity index (χ2n) is 3.39. The summed E-state index contributed by atoms with van der Waals surface area (Å²) in [4.78, 5) is 10.4. The quantitative estimate of drug-likeness (QED) is 0.535. The lowest BCUT2D eigenvalue weighted by Gasteiger charge is -2.00. The first-order valence-corrected chi connectivity index (χ1v) is 6.87. The van der Waals surface area contributed by atoms with Crippen molar-refractivity contribution in [3.8, 4) is 0 Å². The highest BCUT2D eigenvalue weighted by molar-refractivity contribution is 7.99. The zero-order chi connectivity index (χ0) is 11.8.